The number of carbonyl (C=O) groups is 1. The minimum atomic E-state index is -1.02. The molecular weight excluding hydrogens is 267 g/mol. The topological polar surface area (TPSA) is 83.7 Å². The van der Waals surface area contributed by atoms with Crippen molar-refractivity contribution in [2.45, 2.75) is 26.3 Å². The van der Waals surface area contributed by atoms with Gasteiger partial charge in [-0.25, -0.2) is 9.18 Å². The van der Waals surface area contributed by atoms with Crippen molar-refractivity contribution < 1.29 is 19.2 Å². The first kappa shape index (κ1) is 14.2. The van der Waals surface area contributed by atoms with Crippen LogP contribution < -0.4 is 4.90 Å². The van der Waals surface area contributed by atoms with Gasteiger partial charge in [-0.15, -0.1) is 0 Å². The zero-order chi connectivity index (χ0) is 15.0. The fraction of sp³-hybridized carbons (Fsp3) is 0.462. The largest absolute Gasteiger partial charge is 0.480 e. The van der Waals surface area contributed by atoms with E-state index in [0.29, 0.717) is 13.0 Å². The Kier molecular flexibility index (Phi) is 3.61. The van der Waals surface area contributed by atoms with Crippen LogP contribution in [0, 0.1) is 28.8 Å². The SMILES string of the molecule is Cc1cc(N2CCC(C)C2C(=O)O)c([N+](=O)[O-])cc1F. The third kappa shape index (κ3) is 2.31. The van der Waals surface area contributed by atoms with Crippen LogP contribution in [0.25, 0.3) is 0 Å². The van der Waals surface area contributed by atoms with Gasteiger partial charge in [0.2, 0.25) is 0 Å². The number of benzene rings is 1. The summed E-state index contributed by atoms with van der Waals surface area (Å²) >= 11 is 0. The van der Waals surface area contributed by atoms with E-state index < -0.39 is 28.4 Å². The third-order valence-electron chi connectivity index (χ3n) is 3.72. The number of halogens is 1. The second-order valence-electron chi connectivity index (χ2n) is 5.09. The van der Waals surface area contributed by atoms with Gasteiger partial charge in [0, 0.05) is 6.54 Å². The summed E-state index contributed by atoms with van der Waals surface area (Å²) in [6.45, 7) is 3.70. The lowest BCUT2D eigenvalue weighted by molar-refractivity contribution is -0.384. The van der Waals surface area contributed by atoms with Gasteiger partial charge >= 0.3 is 5.97 Å². The average Bonchev–Trinajstić information content (AvgIpc) is 2.73. The molecule has 0 radical (unpaired) electrons. The second-order valence-corrected chi connectivity index (χ2v) is 5.09. The number of aryl methyl sites for hydroxylation is 1. The van der Waals surface area contributed by atoms with E-state index in [2.05, 4.69) is 0 Å². The highest BCUT2D eigenvalue weighted by Gasteiger charge is 2.39. The molecule has 108 valence electrons. The second kappa shape index (κ2) is 5.07. The van der Waals surface area contributed by atoms with Crippen molar-refractivity contribution in [2.75, 3.05) is 11.4 Å². The van der Waals surface area contributed by atoms with E-state index in [1.54, 1.807) is 6.92 Å². The predicted molar refractivity (Wildman–Crippen MR) is 70.3 cm³/mol. The maximum atomic E-state index is 13.5. The van der Waals surface area contributed by atoms with Gasteiger partial charge in [0.25, 0.3) is 5.69 Å². The molecule has 1 fully saturated rings. The lowest BCUT2D eigenvalue weighted by Gasteiger charge is -2.25. The fourth-order valence-electron chi connectivity index (χ4n) is 2.63. The number of nitro groups is 1. The molecule has 20 heavy (non-hydrogen) atoms. The number of aliphatic carboxylic acids is 1. The van der Waals surface area contributed by atoms with Crippen molar-refractivity contribution in [3.63, 3.8) is 0 Å². The van der Waals surface area contributed by atoms with Crippen LogP contribution >= 0.6 is 0 Å². The van der Waals surface area contributed by atoms with Crippen LogP contribution in [0.2, 0.25) is 0 Å². The molecule has 2 unspecified atom stereocenters. The quantitative estimate of drug-likeness (QED) is 0.679. The average molecular weight is 282 g/mol. The predicted octanol–water partition coefficient (Wildman–Crippen LogP) is 2.34. The van der Waals surface area contributed by atoms with Crippen molar-refractivity contribution in [2.24, 2.45) is 5.92 Å². The number of hydrogen-bond acceptors (Lipinski definition) is 4. The van der Waals surface area contributed by atoms with Crippen LogP contribution in [0.15, 0.2) is 12.1 Å². The minimum Gasteiger partial charge on any atom is -0.480 e. The fourth-order valence-corrected chi connectivity index (χ4v) is 2.63. The van der Waals surface area contributed by atoms with E-state index in [4.69, 9.17) is 0 Å². The highest BCUT2D eigenvalue weighted by atomic mass is 19.1. The summed E-state index contributed by atoms with van der Waals surface area (Å²) in [6, 6.07) is 1.38. The van der Waals surface area contributed by atoms with E-state index in [0.717, 1.165) is 6.07 Å². The summed E-state index contributed by atoms with van der Waals surface area (Å²) in [7, 11) is 0. The molecule has 0 bridgehead atoms. The maximum absolute atomic E-state index is 13.5. The number of hydrogen-bond donors (Lipinski definition) is 1. The van der Waals surface area contributed by atoms with Crippen molar-refractivity contribution >= 4 is 17.3 Å². The molecular formula is C13H15FN2O4. The Balaban J connectivity index is 2.54. The highest BCUT2D eigenvalue weighted by molar-refractivity contribution is 5.81. The van der Waals surface area contributed by atoms with Gasteiger partial charge in [0.05, 0.1) is 11.0 Å². The zero-order valence-electron chi connectivity index (χ0n) is 11.2. The summed E-state index contributed by atoms with van der Waals surface area (Å²) in [5, 5.41) is 20.3. The molecule has 1 aromatic carbocycles. The molecule has 0 spiro atoms. The van der Waals surface area contributed by atoms with Gasteiger partial charge < -0.3 is 10.0 Å². The van der Waals surface area contributed by atoms with Crippen molar-refractivity contribution in [3.8, 4) is 0 Å². The van der Waals surface area contributed by atoms with E-state index in [-0.39, 0.29) is 17.2 Å². The Morgan fingerprint density at radius 2 is 2.20 bits per heavy atom. The molecule has 1 aliphatic rings. The number of rotatable bonds is 3. The molecule has 2 rings (SSSR count). The number of nitro benzene ring substituents is 1. The third-order valence-corrected chi connectivity index (χ3v) is 3.72. The van der Waals surface area contributed by atoms with Crippen LogP contribution in [-0.2, 0) is 4.79 Å². The number of carboxylic acid groups (broad SMARTS) is 1. The highest BCUT2D eigenvalue weighted by Crippen LogP contribution is 2.37. The molecule has 7 heteroatoms. The Hall–Kier alpha value is -2.18. The van der Waals surface area contributed by atoms with Crippen LogP contribution in [0.4, 0.5) is 15.8 Å². The summed E-state index contributed by atoms with van der Waals surface area (Å²) in [5.74, 6) is -1.80. The standard InChI is InChI=1S/C13H15FN2O4/c1-7-3-4-15(12(7)13(17)18)10-5-8(2)9(14)6-11(10)16(19)20/h5-7,12H,3-4H2,1-2H3,(H,17,18). The van der Waals surface area contributed by atoms with Gasteiger partial charge in [-0.3, -0.25) is 10.1 Å². The van der Waals surface area contributed by atoms with Crippen molar-refractivity contribution in [3.05, 3.63) is 33.6 Å². The van der Waals surface area contributed by atoms with E-state index in [1.165, 1.54) is 17.9 Å². The molecule has 0 saturated carbocycles. The Morgan fingerprint density at radius 3 is 2.75 bits per heavy atom. The number of carboxylic acids is 1. The molecule has 0 aliphatic carbocycles. The first-order valence-electron chi connectivity index (χ1n) is 6.27. The Morgan fingerprint density at radius 1 is 1.55 bits per heavy atom. The summed E-state index contributed by atoms with van der Waals surface area (Å²) < 4.78 is 13.5. The molecule has 1 heterocycles. The summed E-state index contributed by atoms with van der Waals surface area (Å²) in [4.78, 5) is 23.2. The lowest BCUT2D eigenvalue weighted by atomic mass is 10.0. The molecule has 6 nitrogen and oxygen atoms in total. The van der Waals surface area contributed by atoms with Gasteiger partial charge in [-0.05, 0) is 30.9 Å². The van der Waals surface area contributed by atoms with Gasteiger partial charge in [0.15, 0.2) is 0 Å². The van der Waals surface area contributed by atoms with Crippen LogP contribution in [0.5, 0.6) is 0 Å². The van der Waals surface area contributed by atoms with Gasteiger partial charge in [-0.1, -0.05) is 6.92 Å². The van der Waals surface area contributed by atoms with Crippen LogP contribution in [-0.4, -0.2) is 28.6 Å². The number of anilines is 1. The number of nitrogens with zero attached hydrogens (tertiary/aromatic N) is 2. The van der Waals surface area contributed by atoms with E-state index in [1.807, 2.05) is 0 Å². The van der Waals surface area contributed by atoms with E-state index in [9.17, 15) is 24.4 Å². The van der Waals surface area contributed by atoms with Crippen LogP contribution in [0.3, 0.4) is 0 Å². The minimum absolute atomic E-state index is 0.113. The van der Waals surface area contributed by atoms with E-state index >= 15 is 0 Å². The zero-order valence-corrected chi connectivity index (χ0v) is 11.2. The normalized spacial score (nSPS) is 22.1. The molecule has 1 aliphatic heterocycles. The van der Waals surface area contributed by atoms with Gasteiger partial charge in [0.1, 0.15) is 17.5 Å². The first-order chi connectivity index (χ1) is 9.32. The molecule has 1 aromatic rings. The molecule has 1 N–H and O–H groups in total. The molecule has 2 atom stereocenters. The Labute approximate surface area is 115 Å². The summed E-state index contributed by atoms with van der Waals surface area (Å²) in [5.41, 5.74) is 0.0355. The first-order valence-corrected chi connectivity index (χ1v) is 6.27. The summed E-state index contributed by atoms with van der Waals surface area (Å²) in [6.07, 6.45) is 0.630. The van der Waals surface area contributed by atoms with Crippen molar-refractivity contribution in [1.82, 2.24) is 0 Å². The lowest BCUT2D eigenvalue weighted by Crippen LogP contribution is -2.39. The monoisotopic (exact) mass is 282 g/mol. The molecule has 0 aromatic heterocycles. The Bertz CT molecular complexity index is 576. The smallest absolute Gasteiger partial charge is 0.326 e. The van der Waals surface area contributed by atoms with Crippen molar-refractivity contribution in [1.29, 1.82) is 0 Å². The van der Waals surface area contributed by atoms with Gasteiger partial charge in [-0.2, -0.15) is 0 Å². The molecule has 1 saturated heterocycles. The van der Waals surface area contributed by atoms with Crippen LogP contribution in [0.1, 0.15) is 18.9 Å². The molecule has 0 amide bonds. The maximum Gasteiger partial charge on any atom is 0.326 e.